The Bertz CT molecular complexity index is 715. The SMILES string of the molecule is COC(=O)[C@H](C)NC(=O)NCc1cccn1Cc1ccccc1F. The molecule has 1 aromatic heterocycles. The highest BCUT2D eigenvalue weighted by Crippen LogP contribution is 2.11. The predicted molar refractivity (Wildman–Crippen MR) is 86.8 cm³/mol. The molecule has 6 nitrogen and oxygen atoms in total. The molecule has 0 unspecified atom stereocenters. The number of rotatable bonds is 6. The highest BCUT2D eigenvalue weighted by molar-refractivity contribution is 5.83. The molecular formula is C17H20FN3O3. The second-order valence-corrected chi connectivity index (χ2v) is 5.29. The molecule has 0 saturated heterocycles. The molecule has 0 aliphatic rings. The second-order valence-electron chi connectivity index (χ2n) is 5.29. The van der Waals surface area contributed by atoms with Crippen LogP contribution in [0.1, 0.15) is 18.2 Å². The van der Waals surface area contributed by atoms with Gasteiger partial charge in [-0.25, -0.2) is 14.0 Å². The van der Waals surface area contributed by atoms with E-state index in [2.05, 4.69) is 15.4 Å². The van der Waals surface area contributed by atoms with Crippen molar-refractivity contribution in [3.63, 3.8) is 0 Å². The molecule has 2 rings (SSSR count). The number of methoxy groups -OCH3 is 1. The third kappa shape index (κ3) is 4.58. The number of esters is 1. The lowest BCUT2D eigenvalue weighted by molar-refractivity contribution is -0.142. The summed E-state index contributed by atoms with van der Waals surface area (Å²) in [6.07, 6.45) is 1.82. The maximum Gasteiger partial charge on any atom is 0.328 e. The van der Waals surface area contributed by atoms with Gasteiger partial charge in [0.1, 0.15) is 11.9 Å². The summed E-state index contributed by atoms with van der Waals surface area (Å²) in [5, 5.41) is 5.14. The summed E-state index contributed by atoms with van der Waals surface area (Å²) in [4.78, 5) is 23.1. The minimum absolute atomic E-state index is 0.251. The molecule has 0 aliphatic carbocycles. The Hall–Kier alpha value is -2.83. The number of urea groups is 1. The summed E-state index contributed by atoms with van der Waals surface area (Å²) in [6.45, 7) is 2.16. The Labute approximate surface area is 139 Å². The number of benzene rings is 1. The highest BCUT2D eigenvalue weighted by Gasteiger charge is 2.15. The van der Waals surface area contributed by atoms with Crippen LogP contribution in [0.2, 0.25) is 0 Å². The zero-order valence-electron chi connectivity index (χ0n) is 13.6. The molecule has 0 spiro atoms. The van der Waals surface area contributed by atoms with E-state index in [0.29, 0.717) is 12.1 Å². The summed E-state index contributed by atoms with van der Waals surface area (Å²) in [7, 11) is 1.26. The molecule has 0 bridgehead atoms. The third-order valence-corrected chi connectivity index (χ3v) is 3.55. The van der Waals surface area contributed by atoms with Crippen molar-refractivity contribution in [3.8, 4) is 0 Å². The van der Waals surface area contributed by atoms with Gasteiger partial charge in [-0.05, 0) is 25.1 Å². The monoisotopic (exact) mass is 333 g/mol. The highest BCUT2D eigenvalue weighted by atomic mass is 19.1. The summed E-state index contributed by atoms with van der Waals surface area (Å²) in [5.41, 5.74) is 1.39. The van der Waals surface area contributed by atoms with Crippen molar-refractivity contribution in [2.24, 2.45) is 0 Å². The molecule has 24 heavy (non-hydrogen) atoms. The van der Waals surface area contributed by atoms with Gasteiger partial charge in [0.05, 0.1) is 20.2 Å². The molecular weight excluding hydrogens is 313 g/mol. The van der Waals surface area contributed by atoms with Crippen molar-refractivity contribution < 1.29 is 18.7 Å². The Balaban J connectivity index is 1.93. The molecule has 1 heterocycles. The number of aromatic nitrogens is 1. The van der Waals surface area contributed by atoms with Gasteiger partial charge in [-0.15, -0.1) is 0 Å². The van der Waals surface area contributed by atoms with Crippen LogP contribution in [0.25, 0.3) is 0 Å². The van der Waals surface area contributed by atoms with Crippen LogP contribution >= 0.6 is 0 Å². The normalized spacial score (nSPS) is 11.6. The Morgan fingerprint density at radius 1 is 1.25 bits per heavy atom. The third-order valence-electron chi connectivity index (χ3n) is 3.55. The number of nitrogens with zero attached hydrogens (tertiary/aromatic N) is 1. The van der Waals surface area contributed by atoms with Crippen LogP contribution in [0.3, 0.4) is 0 Å². The molecule has 2 amide bonds. The quantitative estimate of drug-likeness (QED) is 0.795. The van der Waals surface area contributed by atoms with Crippen molar-refractivity contribution >= 4 is 12.0 Å². The molecule has 0 fully saturated rings. The summed E-state index contributed by atoms with van der Waals surface area (Å²) < 4.78 is 20.1. The number of carbonyl (C=O) groups is 2. The number of amides is 2. The lowest BCUT2D eigenvalue weighted by Gasteiger charge is -2.14. The van der Waals surface area contributed by atoms with Crippen LogP contribution < -0.4 is 10.6 Å². The van der Waals surface area contributed by atoms with Gasteiger partial charge in [0, 0.05) is 17.5 Å². The van der Waals surface area contributed by atoms with Crippen LogP contribution in [0.15, 0.2) is 42.6 Å². The average Bonchev–Trinajstić information content (AvgIpc) is 3.01. The van der Waals surface area contributed by atoms with Gasteiger partial charge in [-0.2, -0.15) is 0 Å². The van der Waals surface area contributed by atoms with Crippen molar-refractivity contribution in [3.05, 3.63) is 59.7 Å². The van der Waals surface area contributed by atoms with E-state index in [4.69, 9.17) is 0 Å². The predicted octanol–water partition coefficient (Wildman–Crippen LogP) is 2.04. The lowest BCUT2D eigenvalue weighted by atomic mass is 10.2. The molecule has 1 aromatic carbocycles. The van der Waals surface area contributed by atoms with E-state index in [0.717, 1.165) is 5.69 Å². The van der Waals surface area contributed by atoms with E-state index in [1.807, 2.05) is 22.9 Å². The second kappa shape index (κ2) is 8.14. The fourth-order valence-electron chi connectivity index (χ4n) is 2.23. The molecule has 0 aliphatic heterocycles. The van der Waals surface area contributed by atoms with Crippen LogP contribution in [0.4, 0.5) is 9.18 Å². The fraction of sp³-hybridized carbons (Fsp3) is 0.294. The molecule has 2 aromatic rings. The van der Waals surface area contributed by atoms with Gasteiger partial charge in [0.2, 0.25) is 0 Å². The van der Waals surface area contributed by atoms with Gasteiger partial charge >= 0.3 is 12.0 Å². The first-order valence-electron chi connectivity index (χ1n) is 7.51. The molecule has 7 heteroatoms. The Kier molecular flexibility index (Phi) is 5.95. The Morgan fingerprint density at radius 2 is 2.00 bits per heavy atom. The topological polar surface area (TPSA) is 72.4 Å². The number of halogens is 1. The van der Waals surface area contributed by atoms with Crippen molar-refractivity contribution in [1.29, 1.82) is 0 Å². The molecule has 128 valence electrons. The Morgan fingerprint density at radius 3 is 2.71 bits per heavy atom. The van der Waals surface area contributed by atoms with Gasteiger partial charge in [-0.3, -0.25) is 0 Å². The minimum atomic E-state index is -0.736. The van der Waals surface area contributed by atoms with E-state index >= 15 is 0 Å². The molecule has 1 atom stereocenters. The van der Waals surface area contributed by atoms with E-state index in [-0.39, 0.29) is 12.4 Å². The number of nitrogens with one attached hydrogen (secondary N) is 2. The first-order chi connectivity index (χ1) is 11.5. The largest absolute Gasteiger partial charge is 0.467 e. The number of carbonyl (C=O) groups excluding carboxylic acids is 2. The minimum Gasteiger partial charge on any atom is -0.467 e. The molecule has 0 saturated carbocycles. The van der Waals surface area contributed by atoms with Crippen molar-refractivity contribution in [2.45, 2.75) is 26.1 Å². The zero-order chi connectivity index (χ0) is 17.5. The van der Waals surface area contributed by atoms with E-state index in [9.17, 15) is 14.0 Å². The maximum absolute atomic E-state index is 13.7. The lowest BCUT2D eigenvalue weighted by Crippen LogP contribution is -2.44. The summed E-state index contributed by atoms with van der Waals surface area (Å²) in [6, 6.07) is 9.00. The van der Waals surface area contributed by atoms with Gasteiger partial charge in [0.15, 0.2) is 0 Å². The smallest absolute Gasteiger partial charge is 0.328 e. The number of hydrogen-bond donors (Lipinski definition) is 2. The number of hydrogen-bond acceptors (Lipinski definition) is 3. The zero-order valence-corrected chi connectivity index (χ0v) is 13.6. The van der Waals surface area contributed by atoms with Crippen LogP contribution in [0, 0.1) is 5.82 Å². The fourth-order valence-corrected chi connectivity index (χ4v) is 2.23. The van der Waals surface area contributed by atoms with E-state index in [1.54, 1.807) is 18.2 Å². The van der Waals surface area contributed by atoms with Crippen molar-refractivity contribution in [2.75, 3.05) is 7.11 Å². The molecule has 0 radical (unpaired) electrons. The first-order valence-corrected chi connectivity index (χ1v) is 7.51. The summed E-state index contributed by atoms with van der Waals surface area (Å²) >= 11 is 0. The van der Waals surface area contributed by atoms with Crippen LogP contribution in [0.5, 0.6) is 0 Å². The van der Waals surface area contributed by atoms with Crippen molar-refractivity contribution in [1.82, 2.24) is 15.2 Å². The average molecular weight is 333 g/mol. The van der Waals surface area contributed by atoms with Gasteiger partial charge < -0.3 is 19.9 Å². The molecule has 2 N–H and O–H groups in total. The van der Waals surface area contributed by atoms with E-state index < -0.39 is 18.0 Å². The van der Waals surface area contributed by atoms with Crippen LogP contribution in [-0.4, -0.2) is 29.7 Å². The number of ether oxygens (including phenoxy) is 1. The van der Waals surface area contributed by atoms with Crippen LogP contribution in [-0.2, 0) is 22.6 Å². The maximum atomic E-state index is 13.7. The van der Waals surface area contributed by atoms with E-state index in [1.165, 1.54) is 20.1 Å². The summed E-state index contributed by atoms with van der Waals surface area (Å²) in [5.74, 6) is -0.789. The first kappa shape index (κ1) is 17.5. The van der Waals surface area contributed by atoms with Gasteiger partial charge in [-0.1, -0.05) is 18.2 Å². The van der Waals surface area contributed by atoms with Gasteiger partial charge in [0.25, 0.3) is 0 Å². The standard InChI is InChI=1S/C17H20FN3O3/c1-12(16(22)24-2)20-17(23)19-10-14-7-5-9-21(14)11-13-6-3-4-8-15(13)18/h3-9,12H,10-11H2,1-2H3,(H2,19,20,23)/t12-/m0/s1.